The normalized spacial score (nSPS) is 10.2. The molecule has 1 amide bonds. The summed E-state index contributed by atoms with van der Waals surface area (Å²) in [5.74, 6) is -0.0930. The number of hydrogen-bond acceptors (Lipinski definition) is 3. The second-order valence-electron chi connectivity index (χ2n) is 4.24. The highest BCUT2D eigenvalue weighted by atomic mass is 16.1. The molecule has 0 saturated carbocycles. The number of nitrogens with two attached hydrogens (primary N) is 1. The molecule has 0 aliphatic rings. The molecule has 1 heterocycles. The van der Waals surface area contributed by atoms with Gasteiger partial charge in [0, 0.05) is 30.4 Å². The van der Waals surface area contributed by atoms with E-state index in [1.54, 1.807) is 18.3 Å². The van der Waals surface area contributed by atoms with Crippen molar-refractivity contribution in [2.24, 2.45) is 5.73 Å². The predicted molar refractivity (Wildman–Crippen MR) is 74.6 cm³/mol. The Morgan fingerprint density at radius 1 is 1.21 bits per heavy atom. The van der Waals surface area contributed by atoms with Gasteiger partial charge in [0.25, 0.3) is 5.91 Å². The van der Waals surface area contributed by atoms with E-state index in [2.05, 4.69) is 10.3 Å². The van der Waals surface area contributed by atoms with Crippen LogP contribution in [0.25, 0.3) is 0 Å². The van der Waals surface area contributed by atoms with Crippen molar-refractivity contribution >= 4 is 5.91 Å². The molecule has 0 unspecified atom stereocenters. The summed E-state index contributed by atoms with van der Waals surface area (Å²) < 4.78 is 0. The van der Waals surface area contributed by atoms with Crippen molar-refractivity contribution in [3.05, 3.63) is 65.5 Å². The summed E-state index contributed by atoms with van der Waals surface area (Å²) in [5.41, 5.74) is 8.02. The lowest BCUT2D eigenvalue weighted by Gasteiger charge is -2.06. The van der Waals surface area contributed by atoms with Gasteiger partial charge < -0.3 is 11.1 Å². The molecule has 1 aromatic carbocycles. The van der Waals surface area contributed by atoms with Gasteiger partial charge in [-0.25, -0.2) is 0 Å². The highest BCUT2D eigenvalue weighted by molar-refractivity contribution is 5.94. The molecule has 0 aliphatic carbocycles. The largest absolute Gasteiger partial charge is 0.348 e. The van der Waals surface area contributed by atoms with Crippen LogP contribution in [0.4, 0.5) is 0 Å². The van der Waals surface area contributed by atoms with Crippen molar-refractivity contribution in [2.45, 2.75) is 13.0 Å². The fourth-order valence-electron chi connectivity index (χ4n) is 1.78. The quantitative estimate of drug-likeness (QED) is 0.851. The molecule has 0 radical (unpaired) electrons. The Hall–Kier alpha value is -2.20. The second kappa shape index (κ2) is 6.66. The number of carbonyl (C=O) groups is 1. The molecule has 19 heavy (non-hydrogen) atoms. The Labute approximate surface area is 112 Å². The molecular weight excluding hydrogens is 238 g/mol. The van der Waals surface area contributed by atoms with Gasteiger partial charge in [-0.15, -0.1) is 0 Å². The third-order valence-electron chi connectivity index (χ3n) is 2.78. The predicted octanol–water partition coefficient (Wildman–Crippen LogP) is 1.51. The summed E-state index contributed by atoms with van der Waals surface area (Å²) in [6.07, 6.45) is 2.32. The molecule has 0 bridgehead atoms. The number of pyridine rings is 1. The highest BCUT2D eigenvalue weighted by Crippen LogP contribution is 2.04. The van der Waals surface area contributed by atoms with Gasteiger partial charge in [-0.2, -0.15) is 0 Å². The highest BCUT2D eigenvalue weighted by Gasteiger charge is 2.06. The molecule has 2 aromatic rings. The maximum Gasteiger partial charge on any atom is 0.251 e. The average Bonchev–Trinajstić information content (AvgIpc) is 2.46. The third-order valence-corrected chi connectivity index (χ3v) is 2.78. The summed E-state index contributed by atoms with van der Waals surface area (Å²) >= 11 is 0. The topological polar surface area (TPSA) is 68.0 Å². The van der Waals surface area contributed by atoms with E-state index < -0.39 is 0 Å². The second-order valence-corrected chi connectivity index (χ2v) is 4.24. The van der Waals surface area contributed by atoms with Crippen LogP contribution in [-0.2, 0) is 13.0 Å². The van der Waals surface area contributed by atoms with E-state index in [1.165, 1.54) is 0 Å². The minimum atomic E-state index is -0.0930. The molecule has 2 rings (SSSR count). The van der Waals surface area contributed by atoms with Crippen LogP contribution in [0.2, 0.25) is 0 Å². The van der Waals surface area contributed by atoms with Crippen LogP contribution in [0.15, 0.2) is 48.7 Å². The zero-order chi connectivity index (χ0) is 13.5. The van der Waals surface area contributed by atoms with E-state index in [-0.39, 0.29) is 5.91 Å². The molecule has 3 N–H and O–H groups in total. The van der Waals surface area contributed by atoms with Gasteiger partial charge in [0.1, 0.15) is 0 Å². The van der Waals surface area contributed by atoms with Crippen molar-refractivity contribution in [3.63, 3.8) is 0 Å². The lowest BCUT2D eigenvalue weighted by molar-refractivity contribution is 0.0950. The van der Waals surface area contributed by atoms with E-state index >= 15 is 0 Å². The smallest absolute Gasteiger partial charge is 0.251 e. The van der Waals surface area contributed by atoms with Crippen LogP contribution in [0.1, 0.15) is 21.6 Å². The van der Waals surface area contributed by atoms with Gasteiger partial charge in [0.15, 0.2) is 0 Å². The maximum atomic E-state index is 12.0. The lowest BCUT2D eigenvalue weighted by Crippen LogP contribution is -2.23. The van der Waals surface area contributed by atoms with Crippen LogP contribution in [0.3, 0.4) is 0 Å². The SMILES string of the molecule is NCCc1cc(C(=O)NCc2ccccc2)ccn1. The van der Waals surface area contributed by atoms with E-state index in [0.29, 0.717) is 25.1 Å². The Balaban J connectivity index is 1.98. The van der Waals surface area contributed by atoms with Crippen LogP contribution in [0.5, 0.6) is 0 Å². The number of carbonyl (C=O) groups excluding carboxylic acids is 1. The van der Waals surface area contributed by atoms with Crippen molar-refractivity contribution < 1.29 is 4.79 Å². The van der Waals surface area contributed by atoms with Crippen LogP contribution >= 0.6 is 0 Å². The molecular formula is C15H17N3O. The van der Waals surface area contributed by atoms with E-state index in [4.69, 9.17) is 5.73 Å². The molecule has 4 nitrogen and oxygen atoms in total. The third kappa shape index (κ3) is 3.89. The summed E-state index contributed by atoms with van der Waals surface area (Å²) in [5, 5.41) is 2.89. The van der Waals surface area contributed by atoms with Gasteiger partial charge in [-0.05, 0) is 24.2 Å². The van der Waals surface area contributed by atoms with Gasteiger partial charge >= 0.3 is 0 Å². The van der Waals surface area contributed by atoms with Crippen LogP contribution in [0, 0.1) is 0 Å². The molecule has 0 spiro atoms. The maximum absolute atomic E-state index is 12.0. The molecule has 1 aromatic heterocycles. The number of benzene rings is 1. The molecule has 0 fully saturated rings. The summed E-state index contributed by atoms with van der Waals surface area (Å²) in [7, 11) is 0. The van der Waals surface area contributed by atoms with Gasteiger partial charge in [-0.3, -0.25) is 9.78 Å². The van der Waals surface area contributed by atoms with Crippen molar-refractivity contribution in [1.82, 2.24) is 10.3 Å². The number of nitrogens with zero attached hydrogens (tertiary/aromatic N) is 1. The van der Waals surface area contributed by atoms with Crippen molar-refractivity contribution in [2.75, 3.05) is 6.54 Å². The molecule has 0 atom stereocenters. The van der Waals surface area contributed by atoms with E-state index in [1.807, 2.05) is 30.3 Å². The molecule has 0 aliphatic heterocycles. The minimum absolute atomic E-state index is 0.0930. The number of aromatic nitrogens is 1. The van der Waals surface area contributed by atoms with Gasteiger partial charge in [0.05, 0.1) is 0 Å². The van der Waals surface area contributed by atoms with Crippen molar-refractivity contribution in [3.8, 4) is 0 Å². The first-order valence-electron chi connectivity index (χ1n) is 6.26. The first-order valence-corrected chi connectivity index (χ1v) is 6.26. The van der Waals surface area contributed by atoms with E-state index in [9.17, 15) is 4.79 Å². The van der Waals surface area contributed by atoms with Crippen molar-refractivity contribution in [1.29, 1.82) is 0 Å². The molecule has 0 saturated heterocycles. The average molecular weight is 255 g/mol. The van der Waals surface area contributed by atoms with E-state index in [0.717, 1.165) is 11.3 Å². The number of nitrogens with one attached hydrogen (secondary N) is 1. The van der Waals surface area contributed by atoms with Crippen LogP contribution < -0.4 is 11.1 Å². The summed E-state index contributed by atoms with van der Waals surface area (Å²) in [6, 6.07) is 13.3. The van der Waals surface area contributed by atoms with Gasteiger partial charge in [-0.1, -0.05) is 30.3 Å². The first-order chi connectivity index (χ1) is 9.29. The number of hydrogen-bond donors (Lipinski definition) is 2. The summed E-state index contributed by atoms with van der Waals surface area (Å²) in [4.78, 5) is 16.2. The molecule has 98 valence electrons. The Morgan fingerprint density at radius 3 is 2.74 bits per heavy atom. The molecule has 4 heteroatoms. The van der Waals surface area contributed by atoms with Gasteiger partial charge in [0.2, 0.25) is 0 Å². The monoisotopic (exact) mass is 255 g/mol. The summed E-state index contributed by atoms with van der Waals surface area (Å²) in [6.45, 7) is 1.05. The standard InChI is InChI=1S/C15H17N3O/c16-8-6-14-10-13(7-9-17-14)15(19)18-11-12-4-2-1-3-5-12/h1-5,7,9-10H,6,8,11,16H2,(H,18,19). The Bertz CT molecular complexity index is 540. The zero-order valence-corrected chi connectivity index (χ0v) is 10.7. The Morgan fingerprint density at radius 2 is 2.00 bits per heavy atom. The fraction of sp³-hybridized carbons (Fsp3) is 0.200. The minimum Gasteiger partial charge on any atom is -0.348 e. The number of rotatable bonds is 5. The lowest BCUT2D eigenvalue weighted by atomic mass is 10.1. The zero-order valence-electron chi connectivity index (χ0n) is 10.7. The first kappa shape index (κ1) is 13.2. The van der Waals surface area contributed by atoms with Crippen LogP contribution in [-0.4, -0.2) is 17.4 Å². The Kier molecular flexibility index (Phi) is 4.64. The number of amides is 1. The fourth-order valence-corrected chi connectivity index (χ4v) is 1.78.